The van der Waals surface area contributed by atoms with Crippen LogP contribution < -0.4 is 11.1 Å². The molecule has 1 aromatic carbocycles. The van der Waals surface area contributed by atoms with Crippen LogP contribution in [0.15, 0.2) is 41.4 Å². The van der Waals surface area contributed by atoms with E-state index in [1.165, 1.54) is 12.3 Å². The number of amides is 1. The SMILES string of the molecule is CSc1cccc(NC(=O)c2cc(N)ncc2Cl)c1. The van der Waals surface area contributed by atoms with Crippen LogP contribution >= 0.6 is 23.4 Å². The molecular formula is C13H12ClN3OS. The van der Waals surface area contributed by atoms with Crippen molar-refractivity contribution in [1.82, 2.24) is 4.98 Å². The number of nitrogen functional groups attached to an aromatic ring is 1. The minimum atomic E-state index is -0.308. The third-order valence-corrected chi connectivity index (χ3v) is 3.48. The Hall–Kier alpha value is -1.72. The Bertz CT molecular complexity index is 619. The number of hydrogen-bond donors (Lipinski definition) is 2. The van der Waals surface area contributed by atoms with Crippen molar-refractivity contribution in [2.45, 2.75) is 4.90 Å². The fourth-order valence-corrected chi connectivity index (χ4v) is 2.18. The molecule has 3 N–H and O–H groups in total. The van der Waals surface area contributed by atoms with Crippen LogP contribution in [-0.2, 0) is 0 Å². The third-order valence-electron chi connectivity index (χ3n) is 2.45. The number of halogens is 1. The molecule has 0 atom stereocenters. The number of nitrogens with zero attached hydrogens (tertiary/aromatic N) is 1. The van der Waals surface area contributed by atoms with Crippen LogP contribution in [0.3, 0.4) is 0 Å². The van der Waals surface area contributed by atoms with Crippen LogP contribution in [-0.4, -0.2) is 17.1 Å². The predicted octanol–water partition coefficient (Wildman–Crippen LogP) is 3.29. The molecular weight excluding hydrogens is 282 g/mol. The number of carbonyl (C=O) groups is 1. The van der Waals surface area contributed by atoms with E-state index in [0.29, 0.717) is 11.3 Å². The summed E-state index contributed by atoms with van der Waals surface area (Å²) in [4.78, 5) is 17.0. The van der Waals surface area contributed by atoms with E-state index < -0.39 is 0 Å². The maximum absolute atomic E-state index is 12.1. The first-order valence-electron chi connectivity index (χ1n) is 5.46. The van der Waals surface area contributed by atoms with Crippen LogP contribution in [0.2, 0.25) is 5.02 Å². The molecule has 0 radical (unpaired) electrons. The molecule has 0 aliphatic carbocycles. The zero-order valence-corrected chi connectivity index (χ0v) is 11.8. The van der Waals surface area contributed by atoms with E-state index in [4.69, 9.17) is 17.3 Å². The summed E-state index contributed by atoms with van der Waals surface area (Å²) in [5.41, 5.74) is 6.57. The third kappa shape index (κ3) is 3.39. The standard InChI is InChI=1S/C13H12ClN3OS/c1-19-9-4-2-3-8(5-9)17-13(18)10-6-12(15)16-7-11(10)14/h2-7H,1H3,(H2,15,16)(H,17,18). The molecule has 0 saturated heterocycles. The van der Waals surface area contributed by atoms with E-state index in [2.05, 4.69) is 10.3 Å². The number of thioether (sulfide) groups is 1. The molecule has 1 heterocycles. The Labute approximate surface area is 120 Å². The molecule has 6 heteroatoms. The van der Waals surface area contributed by atoms with Crippen LogP contribution in [0.4, 0.5) is 11.5 Å². The first-order valence-corrected chi connectivity index (χ1v) is 7.07. The number of anilines is 2. The van der Waals surface area contributed by atoms with Crippen molar-refractivity contribution in [2.24, 2.45) is 0 Å². The minimum absolute atomic E-state index is 0.257. The van der Waals surface area contributed by atoms with Gasteiger partial charge in [-0.2, -0.15) is 0 Å². The molecule has 0 fully saturated rings. The molecule has 0 unspecified atom stereocenters. The van der Waals surface area contributed by atoms with E-state index in [1.54, 1.807) is 11.8 Å². The summed E-state index contributed by atoms with van der Waals surface area (Å²) in [6.45, 7) is 0. The molecule has 4 nitrogen and oxygen atoms in total. The lowest BCUT2D eigenvalue weighted by atomic mass is 10.2. The van der Waals surface area contributed by atoms with Crippen LogP contribution in [0.1, 0.15) is 10.4 Å². The Kier molecular flexibility index (Phi) is 4.29. The van der Waals surface area contributed by atoms with E-state index in [0.717, 1.165) is 4.90 Å². The van der Waals surface area contributed by atoms with E-state index in [-0.39, 0.29) is 16.7 Å². The van der Waals surface area contributed by atoms with Gasteiger partial charge in [0.25, 0.3) is 5.91 Å². The summed E-state index contributed by atoms with van der Waals surface area (Å²) < 4.78 is 0. The van der Waals surface area contributed by atoms with Gasteiger partial charge in [0.15, 0.2) is 0 Å². The number of hydrogen-bond acceptors (Lipinski definition) is 4. The van der Waals surface area contributed by atoms with Gasteiger partial charge >= 0.3 is 0 Å². The Morgan fingerprint density at radius 3 is 2.95 bits per heavy atom. The Balaban J connectivity index is 2.23. The van der Waals surface area contributed by atoms with Gasteiger partial charge in [-0.15, -0.1) is 11.8 Å². The molecule has 0 bridgehead atoms. The summed E-state index contributed by atoms with van der Waals surface area (Å²) in [6, 6.07) is 9.01. The van der Waals surface area contributed by atoms with Gasteiger partial charge in [-0.05, 0) is 30.5 Å². The molecule has 0 spiro atoms. The smallest absolute Gasteiger partial charge is 0.257 e. The highest BCUT2D eigenvalue weighted by atomic mass is 35.5. The highest BCUT2D eigenvalue weighted by Gasteiger charge is 2.11. The molecule has 0 aliphatic heterocycles. The highest BCUT2D eigenvalue weighted by Crippen LogP contribution is 2.21. The highest BCUT2D eigenvalue weighted by molar-refractivity contribution is 7.98. The summed E-state index contributed by atoms with van der Waals surface area (Å²) in [5.74, 6) is -0.0511. The number of nitrogens with one attached hydrogen (secondary N) is 1. The van der Waals surface area contributed by atoms with Gasteiger partial charge in [0.1, 0.15) is 5.82 Å². The summed E-state index contributed by atoms with van der Waals surface area (Å²) >= 11 is 7.54. The number of benzene rings is 1. The monoisotopic (exact) mass is 293 g/mol. The average Bonchev–Trinajstić information content (AvgIpc) is 2.41. The predicted molar refractivity (Wildman–Crippen MR) is 79.8 cm³/mol. The second-order valence-electron chi connectivity index (χ2n) is 3.78. The van der Waals surface area contributed by atoms with Gasteiger partial charge in [-0.3, -0.25) is 4.79 Å². The number of carbonyl (C=O) groups excluding carboxylic acids is 1. The maximum Gasteiger partial charge on any atom is 0.257 e. The van der Waals surface area contributed by atoms with Gasteiger partial charge in [-0.1, -0.05) is 17.7 Å². The number of pyridine rings is 1. The molecule has 1 aromatic heterocycles. The van der Waals surface area contributed by atoms with Gasteiger partial charge in [-0.25, -0.2) is 4.98 Å². The second-order valence-corrected chi connectivity index (χ2v) is 5.06. The zero-order chi connectivity index (χ0) is 13.8. The largest absolute Gasteiger partial charge is 0.384 e. The summed E-state index contributed by atoms with van der Waals surface area (Å²) in [7, 11) is 0. The Morgan fingerprint density at radius 1 is 1.42 bits per heavy atom. The van der Waals surface area contributed by atoms with E-state index in [9.17, 15) is 4.79 Å². The van der Waals surface area contributed by atoms with Gasteiger partial charge < -0.3 is 11.1 Å². The second kappa shape index (κ2) is 5.95. The molecule has 0 saturated carbocycles. The fraction of sp³-hybridized carbons (Fsp3) is 0.0769. The molecule has 2 aromatic rings. The van der Waals surface area contributed by atoms with Crippen molar-refractivity contribution >= 4 is 40.8 Å². The normalized spacial score (nSPS) is 10.2. The molecule has 0 aliphatic rings. The molecule has 1 amide bonds. The van der Waals surface area contributed by atoms with Crippen molar-refractivity contribution in [2.75, 3.05) is 17.3 Å². The van der Waals surface area contributed by atoms with Crippen LogP contribution in [0.25, 0.3) is 0 Å². The minimum Gasteiger partial charge on any atom is -0.384 e. The Morgan fingerprint density at radius 2 is 2.21 bits per heavy atom. The molecule has 2 rings (SSSR count). The van der Waals surface area contributed by atoms with Gasteiger partial charge in [0.05, 0.1) is 10.6 Å². The topological polar surface area (TPSA) is 68.0 Å². The van der Waals surface area contributed by atoms with Gasteiger partial charge in [0, 0.05) is 16.8 Å². The maximum atomic E-state index is 12.1. The lowest BCUT2D eigenvalue weighted by molar-refractivity contribution is 0.102. The lowest BCUT2D eigenvalue weighted by Crippen LogP contribution is -2.13. The van der Waals surface area contributed by atoms with Crippen molar-refractivity contribution in [3.8, 4) is 0 Å². The van der Waals surface area contributed by atoms with Gasteiger partial charge in [0.2, 0.25) is 0 Å². The van der Waals surface area contributed by atoms with Crippen molar-refractivity contribution in [3.63, 3.8) is 0 Å². The zero-order valence-electron chi connectivity index (χ0n) is 10.2. The fourth-order valence-electron chi connectivity index (χ4n) is 1.53. The van der Waals surface area contributed by atoms with E-state index >= 15 is 0 Å². The van der Waals surface area contributed by atoms with E-state index in [1.807, 2.05) is 30.5 Å². The van der Waals surface area contributed by atoms with Crippen molar-refractivity contribution in [1.29, 1.82) is 0 Å². The summed E-state index contributed by atoms with van der Waals surface area (Å²) in [6.07, 6.45) is 3.34. The number of nitrogens with two attached hydrogens (primary N) is 1. The van der Waals surface area contributed by atoms with Crippen molar-refractivity contribution < 1.29 is 4.79 Å². The first-order chi connectivity index (χ1) is 9.10. The molecule has 19 heavy (non-hydrogen) atoms. The van der Waals surface area contributed by atoms with Crippen LogP contribution in [0, 0.1) is 0 Å². The molecule has 98 valence electrons. The first kappa shape index (κ1) is 13.7. The van der Waals surface area contributed by atoms with Crippen LogP contribution in [0.5, 0.6) is 0 Å². The average molecular weight is 294 g/mol. The van der Waals surface area contributed by atoms with Crippen molar-refractivity contribution in [3.05, 3.63) is 47.1 Å². The summed E-state index contributed by atoms with van der Waals surface area (Å²) in [5, 5.41) is 3.05. The number of rotatable bonds is 3. The number of aromatic nitrogens is 1. The lowest BCUT2D eigenvalue weighted by Gasteiger charge is -2.08. The quantitative estimate of drug-likeness (QED) is 0.852.